The molecule has 0 fully saturated rings. The highest BCUT2D eigenvalue weighted by Gasteiger charge is 2.41. The largest absolute Gasteiger partial charge is 0.485 e. The van der Waals surface area contributed by atoms with Crippen LogP contribution >= 0.6 is 11.8 Å². The second-order valence-corrected chi connectivity index (χ2v) is 8.71. The van der Waals surface area contributed by atoms with Crippen LogP contribution in [0.15, 0.2) is 34.1 Å². The number of fused-ring (bicyclic) bond motifs is 2. The van der Waals surface area contributed by atoms with Crippen LogP contribution in [0.1, 0.15) is 38.7 Å². The fourth-order valence-corrected chi connectivity index (χ4v) is 6.34. The quantitative estimate of drug-likeness (QED) is 0.847. The molecule has 2 aliphatic rings. The van der Waals surface area contributed by atoms with Crippen molar-refractivity contribution in [3.05, 3.63) is 34.7 Å². The molecule has 114 valence electrons. The van der Waals surface area contributed by atoms with Crippen LogP contribution in [0.3, 0.4) is 0 Å². The van der Waals surface area contributed by atoms with E-state index >= 15 is 0 Å². The van der Waals surface area contributed by atoms with E-state index in [0.717, 1.165) is 41.2 Å². The molecule has 5 heteroatoms. The van der Waals surface area contributed by atoms with Crippen molar-refractivity contribution in [1.29, 1.82) is 0 Å². The normalized spacial score (nSPS) is 26.8. The molecule has 0 saturated heterocycles. The molecule has 0 saturated carbocycles. The average molecular weight is 324 g/mol. The molecule has 1 aromatic carbocycles. The summed E-state index contributed by atoms with van der Waals surface area (Å²) in [6, 6.07) is 7.20. The number of hydrogen-bond donors (Lipinski definition) is 0. The van der Waals surface area contributed by atoms with Crippen LogP contribution in [-0.4, -0.2) is 25.5 Å². The number of ether oxygens (including phenoxy) is 1. The Labute approximate surface area is 130 Å². The van der Waals surface area contributed by atoms with Gasteiger partial charge in [-0.3, -0.25) is 0 Å². The van der Waals surface area contributed by atoms with Gasteiger partial charge in [-0.25, -0.2) is 8.42 Å². The third-order valence-corrected chi connectivity index (χ3v) is 7.45. The van der Waals surface area contributed by atoms with Gasteiger partial charge in [0.05, 0.1) is 10.6 Å². The second-order valence-electron chi connectivity index (χ2n) is 5.68. The Morgan fingerprint density at radius 1 is 1.29 bits per heavy atom. The van der Waals surface area contributed by atoms with Gasteiger partial charge in [-0.2, -0.15) is 0 Å². The minimum Gasteiger partial charge on any atom is -0.485 e. The lowest BCUT2D eigenvalue weighted by Gasteiger charge is -2.40. The van der Waals surface area contributed by atoms with Crippen molar-refractivity contribution < 1.29 is 13.2 Å². The molecule has 0 bridgehead atoms. The Kier molecular flexibility index (Phi) is 3.82. The maximum atomic E-state index is 12.4. The summed E-state index contributed by atoms with van der Waals surface area (Å²) in [4.78, 5) is 1.28. The summed E-state index contributed by atoms with van der Waals surface area (Å²) in [6.07, 6.45) is 3.01. The number of sulfone groups is 1. The Bertz CT molecular complexity index is 691. The van der Waals surface area contributed by atoms with E-state index in [-0.39, 0.29) is 11.4 Å². The highest BCUT2D eigenvalue weighted by Crippen LogP contribution is 2.47. The molecule has 0 aromatic heterocycles. The first kappa shape index (κ1) is 15.0. The molecule has 2 heterocycles. The van der Waals surface area contributed by atoms with Gasteiger partial charge in [0.1, 0.15) is 11.4 Å². The fraction of sp³-hybridized carbons (Fsp3) is 0.500. The Morgan fingerprint density at radius 3 is 2.76 bits per heavy atom. The molecule has 0 spiro atoms. The van der Waals surface area contributed by atoms with Crippen molar-refractivity contribution in [3.63, 3.8) is 0 Å². The van der Waals surface area contributed by atoms with Crippen molar-refractivity contribution in [3.8, 4) is 0 Å². The van der Waals surface area contributed by atoms with E-state index in [0.29, 0.717) is 4.90 Å². The topological polar surface area (TPSA) is 43.4 Å². The highest BCUT2D eigenvalue weighted by molar-refractivity contribution is 8.04. The monoisotopic (exact) mass is 324 g/mol. The van der Waals surface area contributed by atoms with Crippen LogP contribution in [0, 0.1) is 0 Å². The molecule has 1 atom stereocenters. The Balaban J connectivity index is 2.09. The molecular formula is C16H20O3S2. The zero-order valence-electron chi connectivity index (χ0n) is 12.4. The first-order valence-electron chi connectivity index (χ1n) is 7.38. The summed E-state index contributed by atoms with van der Waals surface area (Å²) in [5.74, 6) is 1.72. The molecule has 2 aliphatic heterocycles. The SMILES string of the molecule is CCCC1(CC)CSC2=C(O1)c1ccccc1S(=O)(=O)C2. The minimum atomic E-state index is -3.23. The number of rotatable bonds is 3. The molecule has 1 unspecified atom stereocenters. The Hall–Kier alpha value is -0.940. The molecule has 3 rings (SSSR count). The first-order chi connectivity index (χ1) is 10.0. The van der Waals surface area contributed by atoms with Gasteiger partial charge in [0.15, 0.2) is 9.84 Å². The van der Waals surface area contributed by atoms with Gasteiger partial charge in [0.2, 0.25) is 0 Å². The van der Waals surface area contributed by atoms with Gasteiger partial charge in [-0.05, 0) is 25.0 Å². The molecule has 0 amide bonds. The van der Waals surface area contributed by atoms with E-state index in [2.05, 4.69) is 13.8 Å². The van der Waals surface area contributed by atoms with Crippen LogP contribution in [0.4, 0.5) is 0 Å². The summed E-state index contributed by atoms with van der Waals surface area (Å²) in [7, 11) is -3.23. The van der Waals surface area contributed by atoms with Crippen LogP contribution in [0.25, 0.3) is 5.76 Å². The molecule has 0 N–H and O–H groups in total. The maximum Gasteiger partial charge on any atom is 0.183 e. The predicted molar refractivity (Wildman–Crippen MR) is 86.9 cm³/mol. The zero-order chi connectivity index (χ0) is 15.1. The highest BCUT2D eigenvalue weighted by atomic mass is 32.2. The van der Waals surface area contributed by atoms with Crippen molar-refractivity contribution >= 4 is 27.4 Å². The van der Waals surface area contributed by atoms with Crippen LogP contribution < -0.4 is 0 Å². The minimum absolute atomic E-state index is 0.0793. The van der Waals surface area contributed by atoms with Gasteiger partial charge in [-0.1, -0.05) is 32.4 Å². The van der Waals surface area contributed by atoms with Gasteiger partial charge >= 0.3 is 0 Å². The van der Waals surface area contributed by atoms with Crippen LogP contribution in [0.2, 0.25) is 0 Å². The van der Waals surface area contributed by atoms with E-state index in [4.69, 9.17) is 4.74 Å². The van der Waals surface area contributed by atoms with Crippen LogP contribution in [0.5, 0.6) is 0 Å². The first-order valence-corrected chi connectivity index (χ1v) is 10.0. The number of thioether (sulfide) groups is 1. The lowest BCUT2D eigenvalue weighted by atomic mass is 9.96. The van der Waals surface area contributed by atoms with Crippen molar-refractivity contribution in [1.82, 2.24) is 0 Å². The van der Waals surface area contributed by atoms with E-state index < -0.39 is 9.84 Å². The molecule has 0 aliphatic carbocycles. The van der Waals surface area contributed by atoms with Crippen molar-refractivity contribution in [2.45, 2.75) is 43.6 Å². The van der Waals surface area contributed by atoms with Crippen molar-refractivity contribution in [2.75, 3.05) is 11.5 Å². The van der Waals surface area contributed by atoms with Gasteiger partial charge in [-0.15, -0.1) is 11.8 Å². The number of hydrogen-bond acceptors (Lipinski definition) is 4. The average Bonchev–Trinajstić information content (AvgIpc) is 2.48. The lowest BCUT2D eigenvalue weighted by Crippen LogP contribution is -2.38. The Morgan fingerprint density at radius 2 is 2.05 bits per heavy atom. The van der Waals surface area contributed by atoms with E-state index in [9.17, 15) is 8.42 Å². The summed E-state index contributed by atoms with van der Waals surface area (Å²) < 4.78 is 31.1. The predicted octanol–water partition coefficient (Wildman–Crippen LogP) is 3.85. The maximum absolute atomic E-state index is 12.4. The zero-order valence-corrected chi connectivity index (χ0v) is 14.0. The second kappa shape index (κ2) is 5.36. The smallest absolute Gasteiger partial charge is 0.183 e. The van der Waals surface area contributed by atoms with Gasteiger partial charge < -0.3 is 4.74 Å². The molecule has 21 heavy (non-hydrogen) atoms. The fourth-order valence-electron chi connectivity index (χ4n) is 3.01. The van der Waals surface area contributed by atoms with Gasteiger partial charge in [0.25, 0.3) is 0 Å². The summed E-state index contributed by atoms with van der Waals surface area (Å²) in [6.45, 7) is 4.31. The molecule has 0 radical (unpaired) electrons. The van der Waals surface area contributed by atoms with E-state index in [1.54, 1.807) is 23.9 Å². The van der Waals surface area contributed by atoms with Crippen LogP contribution in [-0.2, 0) is 14.6 Å². The van der Waals surface area contributed by atoms with Crippen molar-refractivity contribution in [2.24, 2.45) is 0 Å². The summed E-state index contributed by atoms with van der Waals surface area (Å²) in [5.41, 5.74) is 0.576. The lowest BCUT2D eigenvalue weighted by molar-refractivity contribution is 0.0461. The standard InChI is InChI=1S/C16H20O3S2/c1-3-9-16(4-2)11-20-13-10-21(17,18)14-8-6-5-7-12(14)15(13)19-16/h5-8H,3-4,9-11H2,1-2H3. The third-order valence-electron chi connectivity index (χ3n) is 4.22. The van der Waals surface area contributed by atoms with E-state index in [1.807, 2.05) is 12.1 Å². The van der Waals surface area contributed by atoms with E-state index in [1.165, 1.54) is 0 Å². The molecule has 3 nitrogen and oxygen atoms in total. The summed E-state index contributed by atoms with van der Waals surface area (Å²) in [5, 5.41) is 0. The van der Waals surface area contributed by atoms with Gasteiger partial charge in [0, 0.05) is 16.2 Å². The summed E-state index contributed by atoms with van der Waals surface area (Å²) >= 11 is 1.66. The molecule has 1 aromatic rings. The molecular weight excluding hydrogens is 304 g/mol. The third kappa shape index (κ3) is 2.50. The number of benzene rings is 1.